The number of nitrogens with two attached hydrogens (primary N) is 1. The first-order valence-electron chi connectivity index (χ1n) is 7.33. The highest BCUT2D eigenvalue weighted by Crippen LogP contribution is 2.40. The van der Waals surface area contributed by atoms with Gasteiger partial charge in [0.15, 0.2) is 5.78 Å². The van der Waals surface area contributed by atoms with Gasteiger partial charge in [0.1, 0.15) is 6.33 Å². The first kappa shape index (κ1) is 13.5. The van der Waals surface area contributed by atoms with E-state index in [2.05, 4.69) is 15.3 Å². The molecule has 1 aliphatic carbocycles. The van der Waals surface area contributed by atoms with Crippen LogP contribution in [0, 0.1) is 0 Å². The zero-order valence-corrected chi connectivity index (χ0v) is 12.3. The summed E-state index contributed by atoms with van der Waals surface area (Å²) in [7, 11) is 0. The van der Waals surface area contributed by atoms with Gasteiger partial charge in [0.2, 0.25) is 0 Å². The van der Waals surface area contributed by atoms with Crippen molar-refractivity contribution in [2.75, 3.05) is 11.9 Å². The Morgan fingerprint density at radius 1 is 1.09 bits per heavy atom. The quantitative estimate of drug-likeness (QED) is 0.608. The van der Waals surface area contributed by atoms with Crippen LogP contribution in [-0.2, 0) is 0 Å². The van der Waals surface area contributed by atoms with Crippen LogP contribution in [-0.4, -0.2) is 22.3 Å². The molecule has 0 radical (unpaired) electrons. The molecule has 1 aromatic heterocycles. The number of carbonyl (C=O) groups excluding carboxylic acids is 1. The van der Waals surface area contributed by atoms with Gasteiger partial charge in [-0.3, -0.25) is 4.79 Å². The molecule has 3 aromatic rings. The van der Waals surface area contributed by atoms with Gasteiger partial charge >= 0.3 is 0 Å². The summed E-state index contributed by atoms with van der Waals surface area (Å²) < 4.78 is 0. The predicted octanol–water partition coefficient (Wildman–Crippen LogP) is 2.73. The van der Waals surface area contributed by atoms with Gasteiger partial charge in [0, 0.05) is 28.7 Å². The summed E-state index contributed by atoms with van der Waals surface area (Å²) in [6.07, 6.45) is 4.81. The molecule has 0 saturated heterocycles. The van der Waals surface area contributed by atoms with E-state index >= 15 is 0 Å². The lowest BCUT2D eigenvalue weighted by molar-refractivity contribution is 0.104. The van der Waals surface area contributed by atoms with Gasteiger partial charge in [-0.1, -0.05) is 24.3 Å². The number of carbonyl (C=O) groups is 1. The first-order chi connectivity index (χ1) is 11.3. The highest BCUT2D eigenvalue weighted by Gasteiger charge is 2.28. The molecule has 23 heavy (non-hydrogen) atoms. The van der Waals surface area contributed by atoms with Crippen LogP contribution in [0.1, 0.15) is 15.9 Å². The maximum Gasteiger partial charge on any atom is 0.196 e. The molecule has 4 rings (SSSR count). The second-order valence-electron chi connectivity index (χ2n) is 5.29. The highest BCUT2D eigenvalue weighted by atomic mass is 16.1. The van der Waals surface area contributed by atoms with Crippen molar-refractivity contribution >= 4 is 22.4 Å². The molecule has 0 atom stereocenters. The topological polar surface area (TPSA) is 80.9 Å². The lowest BCUT2D eigenvalue weighted by Crippen LogP contribution is -2.15. The van der Waals surface area contributed by atoms with Crippen molar-refractivity contribution in [1.82, 2.24) is 9.97 Å². The fourth-order valence-corrected chi connectivity index (χ4v) is 3.00. The monoisotopic (exact) mass is 302 g/mol. The van der Waals surface area contributed by atoms with E-state index in [9.17, 15) is 4.79 Å². The van der Waals surface area contributed by atoms with Crippen LogP contribution in [0.15, 0.2) is 55.0 Å². The molecular weight excluding hydrogens is 288 g/mol. The number of aromatic nitrogens is 2. The molecule has 3 N–H and O–H groups in total. The minimum absolute atomic E-state index is 0.00673. The number of nitrogens with zero attached hydrogens (tertiary/aromatic N) is 2. The molecule has 0 saturated carbocycles. The SMILES string of the molecule is NC=CCNc1ccc2ncnc3c2c1C(=O)c1ccccc1-3. The maximum absolute atomic E-state index is 13.0. The minimum Gasteiger partial charge on any atom is -0.405 e. The van der Waals surface area contributed by atoms with Crippen LogP contribution in [0.3, 0.4) is 0 Å². The van der Waals surface area contributed by atoms with Crippen molar-refractivity contribution in [3.05, 3.63) is 66.1 Å². The van der Waals surface area contributed by atoms with Crippen LogP contribution in [0.5, 0.6) is 0 Å². The summed E-state index contributed by atoms with van der Waals surface area (Å²) in [4.78, 5) is 21.7. The lowest BCUT2D eigenvalue weighted by atomic mass is 9.86. The van der Waals surface area contributed by atoms with E-state index in [1.54, 1.807) is 6.08 Å². The van der Waals surface area contributed by atoms with Crippen LogP contribution in [0.2, 0.25) is 0 Å². The average molecular weight is 302 g/mol. The largest absolute Gasteiger partial charge is 0.405 e. The van der Waals surface area contributed by atoms with Crippen LogP contribution >= 0.6 is 0 Å². The molecule has 0 fully saturated rings. The van der Waals surface area contributed by atoms with Crippen LogP contribution in [0.25, 0.3) is 22.2 Å². The Bertz CT molecular complexity index is 962. The number of ketones is 1. The van der Waals surface area contributed by atoms with E-state index < -0.39 is 0 Å². The fraction of sp³-hybridized carbons (Fsp3) is 0.0556. The zero-order valence-electron chi connectivity index (χ0n) is 12.3. The van der Waals surface area contributed by atoms with E-state index in [-0.39, 0.29) is 5.78 Å². The molecule has 112 valence electrons. The van der Waals surface area contributed by atoms with Gasteiger partial charge < -0.3 is 11.1 Å². The number of hydrogen-bond donors (Lipinski definition) is 2. The summed E-state index contributed by atoms with van der Waals surface area (Å²) in [5.41, 5.74) is 9.87. The molecule has 1 aliphatic rings. The zero-order chi connectivity index (χ0) is 15.8. The minimum atomic E-state index is -0.00673. The van der Waals surface area contributed by atoms with Gasteiger partial charge in [-0.2, -0.15) is 0 Å². The smallest absolute Gasteiger partial charge is 0.196 e. The Hall–Kier alpha value is -3.21. The number of hydrogen-bond acceptors (Lipinski definition) is 5. The van der Waals surface area contributed by atoms with Gasteiger partial charge in [-0.25, -0.2) is 9.97 Å². The Labute approximate surface area is 132 Å². The molecule has 5 nitrogen and oxygen atoms in total. The molecule has 0 bridgehead atoms. The maximum atomic E-state index is 13.0. The normalized spacial score (nSPS) is 12.6. The molecule has 0 amide bonds. The summed E-state index contributed by atoms with van der Waals surface area (Å²) in [5.74, 6) is -0.00673. The average Bonchev–Trinajstić information content (AvgIpc) is 2.60. The summed E-state index contributed by atoms with van der Waals surface area (Å²) in [6.45, 7) is 0.549. The number of rotatable bonds is 3. The van der Waals surface area contributed by atoms with Crippen molar-refractivity contribution in [3.63, 3.8) is 0 Å². The van der Waals surface area contributed by atoms with E-state index in [0.29, 0.717) is 17.7 Å². The number of nitrogens with one attached hydrogen (secondary N) is 1. The van der Waals surface area contributed by atoms with Gasteiger partial charge in [-0.05, 0) is 24.4 Å². The molecule has 1 heterocycles. The van der Waals surface area contributed by atoms with E-state index in [1.165, 1.54) is 12.5 Å². The van der Waals surface area contributed by atoms with Gasteiger partial charge in [0.25, 0.3) is 0 Å². The highest BCUT2D eigenvalue weighted by molar-refractivity contribution is 6.27. The number of fused-ring (bicyclic) bond motifs is 2. The second-order valence-corrected chi connectivity index (χ2v) is 5.29. The number of anilines is 1. The van der Waals surface area contributed by atoms with Crippen LogP contribution in [0.4, 0.5) is 5.69 Å². The lowest BCUT2D eigenvalue weighted by Gasteiger charge is -2.21. The Balaban J connectivity index is 2.03. The third kappa shape index (κ3) is 1.97. The summed E-state index contributed by atoms with van der Waals surface area (Å²) in [5, 5.41) is 4.04. The fourth-order valence-electron chi connectivity index (χ4n) is 3.00. The Morgan fingerprint density at radius 2 is 1.91 bits per heavy atom. The molecular formula is C18H14N4O. The Morgan fingerprint density at radius 3 is 2.74 bits per heavy atom. The third-order valence-corrected chi connectivity index (χ3v) is 4.00. The molecule has 0 spiro atoms. The summed E-state index contributed by atoms with van der Waals surface area (Å²) in [6, 6.07) is 11.3. The predicted molar refractivity (Wildman–Crippen MR) is 90.2 cm³/mol. The van der Waals surface area contributed by atoms with E-state index in [4.69, 9.17) is 5.73 Å². The van der Waals surface area contributed by atoms with Crippen molar-refractivity contribution < 1.29 is 4.79 Å². The molecule has 2 aromatic carbocycles. The van der Waals surface area contributed by atoms with Crippen molar-refractivity contribution in [2.24, 2.45) is 5.73 Å². The third-order valence-electron chi connectivity index (χ3n) is 4.00. The molecule has 0 aliphatic heterocycles. The standard InChI is InChI=1S/C18H14N4O/c19-8-3-9-20-14-7-6-13-15-16(14)18(23)12-5-2-1-4-11(12)17(15)22-10-21-13/h1-8,10,20H,9,19H2. The first-order valence-corrected chi connectivity index (χ1v) is 7.33. The van der Waals surface area contributed by atoms with Crippen molar-refractivity contribution in [1.29, 1.82) is 0 Å². The van der Waals surface area contributed by atoms with Crippen molar-refractivity contribution in [2.45, 2.75) is 0 Å². The second kappa shape index (κ2) is 5.21. The van der Waals surface area contributed by atoms with Crippen molar-refractivity contribution in [3.8, 4) is 11.3 Å². The van der Waals surface area contributed by atoms with E-state index in [0.717, 1.165) is 27.8 Å². The molecule has 5 heteroatoms. The van der Waals surface area contributed by atoms with E-state index in [1.807, 2.05) is 36.4 Å². The Kier molecular flexibility index (Phi) is 3.05. The van der Waals surface area contributed by atoms with Crippen LogP contribution < -0.4 is 11.1 Å². The van der Waals surface area contributed by atoms with Gasteiger partial charge in [-0.15, -0.1) is 0 Å². The summed E-state index contributed by atoms with van der Waals surface area (Å²) >= 11 is 0. The number of benzene rings is 2. The van der Waals surface area contributed by atoms with Gasteiger partial charge in [0.05, 0.1) is 16.8 Å². The molecule has 0 unspecified atom stereocenters.